The Morgan fingerprint density at radius 1 is 1.42 bits per heavy atom. The lowest BCUT2D eigenvalue weighted by atomic mass is 10.1. The Morgan fingerprint density at radius 3 is 2.83 bits per heavy atom. The second-order valence-electron chi connectivity index (χ2n) is 7.04. The molecule has 0 spiro atoms. The number of methoxy groups -OCH3 is 1. The fraction of sp³-hybridized carbons (Fsp3) is 0.688. The van der Waals surface area contributed by atoms with E-state index in [1.54, 1.807) is 13.3 Å². The molecule has 1 N–H and O–H groups in total. The van der Waals surface area contributed by atoms with E-state index in [9.17, 15) is 5.11 Å². The Bertz CT molecular complexity index is 712. The van der Waals surface area contributed by atoms with Gasteiger partial charge in [0.1, 0.15) is 24.6 Å². The van der Waals surface area contributed by atoms with Crippen LogP contribution < -0.4 is 4.57 Å². The zero-order valence-electron chi connectivity index (χ0n) is 14.7. The monoisotopic (exact) mass is 337 g/mol. The number of aliphatic hydroxyl groups excluding tert-OH is 1. The first-order valence-electron chi connectivity index (χ1n) is 7.98. The van der Waals surface area contributed by atoms with Crippen LogP contribution in [0.3, 0.4) is 0 Å². The summed E-state index contributed by atoms with van der Waals surface area (Å²) >= 11 is 0. The first kappa shape index (κ1) is 17.2. The average Bonchev–Trinajstić information content (AvgIpc) is 3.02. The third kappa shape index (κ3) is 3.14. The number of imidazole rings is 1. The Kier molecular flexibility index (Phi) is 4.56. The predicted molar refractivity (Wildman–Crippen MR) is 85.1 cm³/mol. The van der Waals surface area contributed by atoms with Crippen LogP contribution in [-0.4, -0.2) is 57.3 Å². The second-order valence-corrected chi connectivity index (χ2v) is 7.04. The first-order chi connectivity index (χ1) is 11.3. The molecule has 0 aliphatic carbocycles. The van der Waals surface area contributed by atoms with Crippen molar-refractivity contribution in [1.29, 1.82) is 0 Å². The number of ether oxygens (including phenoxy) is 3. The van der Waals surface area contributed by atoms with Gasteiger partial charge in [-0.3, -0.25) is 0 Å². The van der Waals surface area contributed by atoms with Gasteiger partial charge in [0.15, 0.2) is 0 Å². The van der Waals surface area contributed by atoms with E-state index in [4.69, 9.17) is 14.2 Å². The van der Waals surface area contributed by atoms with Gasteiger partial charge in [-0.2, -0.15) is 9.55 Å². The number of nitrogens with zero attached hydrogens (tertiary/aromatic N) is 4. The van der Waals surface area contributed by atoms with Gasteiger partial charge in [-0.15, -0.1) is 0 Å². The molecule has 0 bridgehead atoms. The molecule has 4 atom stereocenters. The number of aliphatic hydroxyl groups is 1. The number of fused-ring (bicyclic) bond motifs is 1. The molecule has 1 saturated heterocycles. The highest BCUT2D eigenvalue weighted by Gasteiger charge is 2.48. The average molecular weight is 337 g/mol. The lowest BCUT2D eigenvalue weighted by Crippen LogP contribution is -2.37. The summed E-state index contributed by atoms with van der Waals surface area (Å²) in [4.78, 5) is 8.35. The topological polar surface area (TPSA) is 82.5 Å². The number of hydrogen-bond donors (Lipinski definition) is 1. The van der Waals surface area contributed by atoms with Crippen molar-refractivity contribution in [3.63, 3.8) is 0 Å². The quantitative estimate of drug-likeness (QED) is 0.811. The summed E-state index contributed by atoms with van der Waals surface area (Å²) in [6.45, 7) is 6.28. The van der Waals surface area contributed by atoms with Crippen molar-refractivity contribution in [3.8, 4) is 0 Å². The van der Waals surface area contributed by atoms with Crippen LogP contribution >= 0.6 is 0 Å². The zero-order chi connectivity index (χ0) is 17.5. The number of rotatable bonds is 4. The maximum absolute atomic E-state index is 10.7. The molecule has 2 aromatic heterocycles. The van der Waals surface area contributed by atoms with Gasteiger partial charge < -0.3 is 19.3 Å². The Balaban J connectivity index is 1.88. The minimum Gasteiger partial charge on any atom is -0.383 e. The van der Waals surface area contributed by atoms with Gasteiger partial charge in [-0.1, -0.05) is 0 Å². The van der Waals surface area contributed by atoms with Crippen LogP contribution in [0.15, 0.2) is 18.9 Å². The second kappa shape index (κ2) is 6.36. The van der Waals surface area contributed by atoms with E-state index in [-0.39, 0.29) is 11.7 Å². The van der Waals surface area contributed by atoms with E-state index in [0.29, 0.717) is 12.3 Å². The molecule has 1 aliphatic heterocycles. The van der Waals surface area contributed by atoms with Crippen LogP contribution in [0.1, 0.15) is 27.0 Å². The highest BCUT2D eigenvalue weighted by atomic mass is 16.6. The maximum atomic E-state index is 10.7. The SMILES string of the molecule is COC1C(COC(C)(C)C)OC(n2c[n+](C)c3cncnc32)C1O. The van der Waals surface area contributed by atoms with E-state index >= 15 is 0 Å². The van der Waals surface area contributed by atoms with Crippen LogP contribution in [-0.2, 0) is 21.3 Å². The molecule has 0 aromatic carbocycles. The third-order valence-electron chi connectivity index (χ3n) is 4.13. The van der Waals surface area contributed by atoms with Crippen LogP contribution in [0.25, 0.3) is 11.2 Å². The van der Waals surface area contributed by atoms with Gasteiger partial charge in [-0.05, 0) is 20.8 Å². The zero-order valence-corrected chi connectivity index (χ0v) is 14.7. The van der Waals surface area contributed by atoms with Gasteiger partial charge in [0.05, 0.1) is 25.5 Å². The molecular formula is C16H25N4O4+. The molecule has 2 aromatic rings. The number of hydrogen-bond acceptors (Lipinski definition) is 6. The summed E-state index contributed by atoms with van der Waals surface area (Å²) in [5.41, 5.74) is 1.27. The summed E-state index contributed by atoms with van der Waals surface area (Å²) in [6.07, 6.45) is 2.80. The largest absolute Gasteiger partial charge is 0.383 e. The van der Waals surface area contributed by atoms with Crippen molar-refractivity contribution in [3.05, 3.63) is 18.9 Å². The molecule has 0 amide bonds. The molecule has 4 unspecified atom stereocenters. The highest BCUT2D eigenvalue weighted by Crippen LogP contribution is 2.33. The molecule has 3 rings (SSSR count). The van der Waals surface area contributed by atoms with Gasteiger partial charge in [-0.25, -0.2) is 9.55 Å². The summed E-state index contributed by atoms with van der Waals surface area (Å²) in [6, 6.07) is 0. The molecule has 132 valence electrons. The van der Waals surface area contributed by atoms with Crippen LogP contribution in [0.5, 0.6) is 0 Å². The van der Waals surface area contributed by atoms with Gasteiger partial charge in [0.2, 0.25) is 18.1 Å². The fourth-order valence-electron chi connectivity index (χ4n) is 2.96. The highest BCUT2D eigenvalue weighted by molar-refractivity contribution is 5.65. The fourth-order valence-corrected chi connectivity index (χ4v) is 2.96. The van der Waals surface area contributed by atoms with E-state index in [1.807, 2.05) is 43.3 Å². The lowest BCUT2D eigenvalue weighted by molar-refractivity contribution is -0.646. The van der Waals surface area contributed by atoms with Crippen LogP contribution in [0, 0.1) is 0 Å². The normalized spacial score (nSPS) is 27.9. The maximum Gasteiger partial charge on any atom is 0.273 e. The van der Waals surface area contributed by atoms with Gasteiger partial charge in [0, 0.05) is 7.11 Å². The Morgan fingerprint density at radius 2 is 2.17 bits per heavy atom. The minimum atomic E-state index is -0.825. The number of aryl methyl sites for hydroxylation is 1. The summed E-state index contributed by atoms with van der Waals surface area (Å²) in [5, 5.41) is 10.7. The summed E-state index contributed by atoms with van der Waals surface area (Å²) in [7, 11) is 3.47. The Labute approximate surface area is 141 Å². The molecule has 0 saturated carbocycles. The van der Waals surface area contributed by atoms with Crippen molar-refractivity contribution in [2.75, 3.05) is 13.7 Å². The molecule has 8 nitrogen and oxygen atoms in total. The molecule has 24 heavy (non-hydrogen) atoms. The molecule has 0 radical (unpaired) electrons. The molecule has 1 aliphatic rings. The van der Waals surface area contributed by atoms with Crippen molar-refractivity contribution >= 4 is 11.2 Å². The minimum absolute atomic E-state index is 0.287. The third-order valence-corrected chi connectivity index (χ3v) is 4.13. The van der Waals surface area contributed by atoms with Crippen molar-refractivity contribution < 1.29 is 23.9 Å². The van der Waals surface area contributed by atoms with Crippen molar-refractivity contribution in [1.82, 2.24) is 14.5 Å². The molecule has 8 heteroatoms. The van der Waals surface area contributed by atoms with Gasteiger partial charge in [0.25, 0.3) is 5.65 Å². The van der Waals surface area contributed by atoms with Crippen molar-refractivity contribution in [2.45, 2.75) is 50.9 Å². The lowest BCUT2D eigenvalue weighted by Gasteiger charge is -2.24. The summed E-state index contributed by atoms with van der Waals surface area (Å²) in [5.74, 6) is 0. The Hall–Kier alpha value is -1.61. The predicted octanol–water partition coefficient (Wildman–Crippen LogP) is 0.344. The standard InChI is InChI=1S/C16H25N4O4/c1-16(2,3)23-7-11-13(22-5)12(21)15(24-11)20-9-19(4)10-6-17-8-18-14(10)20/h6,8-9,11-13,15,21H,7H2,1-5H3/q+1. The van der Waals surface area contributed by atoms with Gasteiger partial charge >= 0.3 is 0 Å². The molecular weight excluding hydrogens is 312 g/mol. The smallest absolute Gasteiger partial charge is 0.273 e. The van der Waals surface area contributed by atoms with Crippen LogP contribution in [0.2, 0.25) is 0 Å². The molecule has 1 fully saturated rings. The van der Waals surface area contributed by atoms with E-state index < -0.39 is 18.4 Å². The first-order valence-corrected chi connectivity index (χ1v) is 7.98. The van der Waals surface area contributed by atoms with Crippen LogP contribution in [0.4, 0.5) is 0 Å². The summed E-state index contributed by atoms with van der Waals surface area (Å²) < 4.78 is 21.1. The van der Waals surface area contributed by atoms with E-state index in [2.05, 4.69) is 9.97 Å². The molecule has 3 heterocycles. The van der Waals surface area contributed by atoms with E-state index in [1.165, 1.54) is 6.33 Å². The van der Waals surface area contributed by atoms with Crippen molar-refractivity contribution in [2.24, 2.45) is 7.05 Å². The van der Waals surface area contributed by atoms with E-state index in [0.717, 1.165) is 5.52 Å². The number of aromatic nitrogens is 4.